The van der Waals surface area contributed by atoms with Crippen molar-refractivity contribution in [1.29, 1.82) is 0 Å². The minimum absolute atomic E-state index is 0.740. The highest BCUT2D eigenvalue weighted by atomic mass is 32.2. The summed E-state index contributed by atoms with van der Waals surface area (Å²) >= 11 is 3.47. The summed E-state index contributed by atoms with van der Waals surface area (Å²) in [6, 6.07) is 14.4. The quantitative estimate of drug-likeness (QED) is 0.458. The summed E-state index contributed by atoms with van der Waals surface area (Å²) in [6.07, 6.45) is 1.91. The summed E-state index contributed by atoms with van der Waals surface area (Å²) in [6.45, 7) is 3.16. The Morgan fingerprint density at radius 3 is 2.93 bits per heavy atom. The van der Waals surface area contributed by atoms with Crippen LogP contribution in [-0.4, -0.2) is 49.6 Å². The van der Waals surface area contributed by atoms with E-state index in [1.54, 1.807) is 30.2 Å². The van der Waals surface area contributed by atoms with Crippen molar-refractivity contribution in [1.82, 2.24) is 9.99 Å². The molecule has 140 valence electrons. The third-order valence-corrected chi connectivity index (χ3v) is 6.52. The van der Waals surface area contributed by atoms with Gasteiger partial charge < -0.3 is 9.47 Å². The molecule has 1 aromatic heterocycles. The number of hydrazone groups is 1. The van der Waals surface area contributed by atoms with Crippen molar-refractivity contribution < 1.29 is 9.47 Å². The minimum atomic E-state index is 0.740. The number of benzene rings is 2. The van der Waals surface area contributed by atoms with Crippen LogP contribution in [0.5, 0.6) is 5.75 Å². The van der Waals surface area contributed by atoms with Crippen LogP contribution in [0.25, 0.3) is 10.2 Å². The van der Waals surface area contributed by atoms with Crippen LogP contribution >= 0.6 is 23.1 Å². The molecule has 0 spiro atoms. The maximum absolute atomic E-state index is 5.54. The van der Waals surface area contributed by atoms with Gasteiger partial charge in [-0.25, -0.2) is 4.98 Å². The molecular formula is C20H21N3O2S2. The highest BCUT2D eigenvalue weighted by molar-refractivity contribution is 8.00. The summed E-state index contributed by atoms with van der Waals surface area (Å²) in [5.74, 6) is 1.70. The van der Waals surface area contributed by atoms with Crippen LogP contribution in [0.15, 0.2) is 51.9 Å². The predicted molar refractivity (Wildman–Crippen MR) is 112 cm³/mol. The Hall–Kier alpha value is -2.09. The first-order valence-electron chi connectivity index (χ1n) is 8.84. The van der Waals surface area contributed by atoms with Crippen molar-refractivity contribution in [3.8, 4) is 5.75 Å². The fourth-order valence-electron chi connectivity index (χ4n) is 2.86. The van der Waals surface area contributed by atoms with E-state index in [0.717, 1.165) is 58.8 Å². The molecular weight excluding hydrogens is 378 g/mol. The number of thiazole rings is 1. The van der Waals surface area contributed by atoms with E-state index in [9.17, 15) is 0 Å². The first kappa shape index (κ1) is 18.3. The molecule has 0 unspecified atom stereocenters. The molecule has 2 heterocycles. The van der Waals surface area contributed by atoms with Gasteiger partial charge in [-0.05, 0) is 35.9 Å². The fourth-order valence-corrected chi connectivity index (χ4v) is 4.91. The molecule has 0 N–H and O–H groups in total. The number of hydrogen-bond donors (Lipinski definition) is 0. The predicted octanol–water partition coefficient (Wildman–Crippen LogP) is 4.26. The zero-order chi connectivity index (χ0) is 18.5. The van der Waals surface area contributed by atoms with Gasteiger partial charge in [0, 0.05) is 11.3 Å². The Morgan fingerprint density at radius 2 is 2.11 bits per heavy atom. The topological polar surface area (TPSA) is 47.0 Å². The number of thioether (sulfide) groups is 1. The Labute approximate surface area is 167 Å². The van der Waals surface area contributed by atoms with Gasteiger partial charge in [0.2, 0.25) is 0 Å². The van der Waals surface area contributed by atoms with E-state index in [0.29, 0.717) is 0 Å². The number of ether oxygens (including phenoxy) is 2. The van der Waals surface area contributed by atoms with Crippen LogP contribution in [0.4, 0.5) is 0 Å². The lowest BCUT2D eigenvalue weighted by Crippen LogP contribution is -2.32. The lowest BCUT2D eigenvalue weighted by molar-refractivity contribution is 0.0397. The minimum Gasteiger partial charge on any atom is -0.496 e. The number of para-hydroxylation sites is 1. The zero-order valence-corrected chi connectivity index (χ0v) is 16.8. The highest BCUT2D eigenvalue weighted by Gasteiger charge is 2.09. The van der Waals surface area contributed by atoms with Gasteiger partial charge in [-0.2, -0.15) is 5.10 Å². The Balaban J connectivity index is 1.47. The van der Waals surface area contributed by atoms with Crippen LogP contribution in [0.3, 0.4) is 0 Å². The molecule has 1 aliphatic heterocycles. The largest absolute Gasteiger partial charge is 0.496 e. The van der Waals surface area contributed by atoms with E-state index in [1.807, 2.05) is 29.4 Å². The Bertz CT molecular complexity index is 903. The average Bonchev–Trinajstić information content (AvgIpc) is 3.14. The van der Waals surface area contributed by atoms with Gasteiger partial charge in [-0.3, -0.25) is 5.01 Å². The second-order valence-corrected chi connectivity index (χ2v) is 8.37. The van der Waals surface area contributed by atoms with E-state index >= 15 is 0 Å². The third-order valence-electron chi connectivity index (χ3n) is 4.29. The summed E-state index contributed by atoms with van der Waals surface area (Å²) in [5, 5.41) is 6.61. The molecule has 0 saturated carbocycles. The van der Waals surface area contributed by atoms with E-state index < -0.39 is 0 Å². The molecule has 3 aromatic rings. The van der Waals surface area contributed by atoms with E-state index in [-0.39, 0.29) is 0 Å². The Morgan fingerprint density at radius 1 is 1.26 bits per heavy atom. The summed E-state index contributed by atoms with van der Waals surface area (Å²) in [7, 11) is 1.71. The molecule has 1 fully saturated rings. The third kappa shape index (κ3) is 4.61. The van der Waals surface area contributed by atoms with Crippen molar-refractivity contribution in [2.45, 2.75) is 10.1 Å². The summed E-state index contributed by atoms with van der Waals surface area (Å²) in [4.78, 5) is 4.70. The maximum Gasteiger partial charge on any atom is 0.151 e. The molecule has 7 heteroatoms. The lowest BCUT2D eigenvalue weighted by Gasteiger charge is -2.23. The molecule has 1 saturated heterocycles. The van der Waals surface area contributed by atoms with Crippen molar-refractivity contribution >= 4 is 39.5 Å². The van der Waals surface area contributed by atoms with Crippen LogP contribution in [0.1, 0.15) is 11.1 Å². The van der Waals surface area contributed by atoms with Gasteiger partial charge in [0.05, 0.1) is 49.8 Å². The van der Waals surface area contributed by atoms with Gasteiger partial charge in [0.15, 0.2) is 4.34 Å². The van der Waals surface area contributed by atoms with Gasteiger partial charge in [0.1, 0.15) is 5.75 Å². The summed E-state index contributed by atoms with van der Waals surface area (Å²) < 4.78 is 13.2. The van der Waals surface area contributed by atoms with Crippen LogP contribution in [0.2, 0.25) is 0 Å². The molecule has 4 rings (SSSR count). The van der Waals surface area contributed by atoms with Crippen molar-refractivity contribution in [2.24, 2.45) is 5.10 Å². The molecule has 27 heavy (non-hydrogen) atoms. The monoisotopic (exact) mass is 399 g/mol. The van der Waals surface area contributed by atoms with Crippen molar-refractivity contribution in [2.75, 3.05) is 33.4 Å². The number of fused-ring (bicyclic) bond motifs is 1. The smallest absolute Gasteiger partial charge is 0.151 e. The van der Waals surface area contributed by atoms with Crippen LogP contribution < -0.4 is 4.74 Å². The first-order chi connectivity index (χ1) is 13.3. The fraction of sp³-hybridized carbons (Fsp3) is 0.300. The molecule has 5 nitrogen and oxygen atoms in total. The van der Waals surface area contributed by atoms with Gasteiger partial charge >= 0.3 is 0 Å². The number of morpholine rings is 1. The lowest BCUT2D eigenvalue weighted by atomic mass is 10.1. The van der Waals surface area contributed by atoms with E-state index in [4.69, 9.17) is 14.5 Å². The first-order valence-corrected chi connectivity index (χ1v) is 10.6. The number of nitrogens with zero attached hydrogens (tertiary/aromatic N) is 3. The Kier molecular flexibility index (Phi) is 5.91. The zero-order valence-electron chi connectivity index (χ0n) is 15.1. The standard InChI is InChI=1S/C20H21N3O2S2/c1-24-18-7-6-15(13-21-23-8-10-25-11-9-23)12-16(18)14-26-20-22-17-4-2-3-5-19(17)27-20/h2-7,12-13H,8-11,14H2,1H3/b21-13-. The van der Waals surface area contributed by atoms with E-state index in [1.165, 1.54) is 4.70 Å². The van der Waals surface area contributed by atoms with Gasteiger partial charge in [-0.15, -0.1) is 11.3 Å². The molecule has 2 aromatic carbocycles. The second-order valence-electron chi connectivity index (χ2n) is 6.12. The van der Waals surface area contributed by atoms with E-state index in [2.05, 4.69) is 29.4 Å². The second kappa shape index (κ2) is 8.73. The molecule has 0 amide bonds. The number of methoxy groups -OCH3 is 1. The molecule has 0 atom stereocenters. The molecule has 0 radical (unpaired) electrons. The number of hydrogen-bond acceptors (Lipinski definition) is 7. The van der Waals surface area contributed by atoms with Gasteiger partial charge in [0.25, 0.3) is 0 Å². The van der Waals surface area contributed by atoms with Crippen LogP contribution in [-0.2, 0) is 10.5 Å². The number of aromatic nitrogens is 1. The molecule has 1 aliphatic rings. The maximum atomic E-state index is 5.54. The SMILES string of the molecule is COc1ccc(/C=N\N2CCOCC2)cc1CSc1nc2ccccc2s1. The molecule has 0 aliphatic carbocycles. The highest BCUT2D eigenvalue weighted by Crippen LogP contribution is 2.33. The summed E-state index contributed by atoms with van der Waals surface area (Å²) in [5.41, 5.74) is 3.28. The van der Waals surface area contributed by atoms with Crippen LogP contribution in [0, 0.1) is 0 Å². The molecule has 0 bridgehead atoms. The van der Waals surface area contributed by atoms with Crippen molar-refractivity contribution in [3.05, 3.63) is 53.6 Å². The van der Waals surface area contributed by atoms with Crippen molar-refractivity contribution in [3.63, 3.8) is 0 Å². The normalized spacial score (nSPS) is 14.9. The number of rotatable bonds is 6. The average molecular weight is 400 g/mol. The van der Waals surface area contributed by atoms with Gasteiger partial charge in [-0.1, -0.05) is 23.9 Å².